The molecule has 168 valence electrons. The van der Waals surface area contributed by atoms with Crippen LogP contribution in [0.15, 0.2) is 41.8 Å². The minimum atomic E-state index is 0.151. The second kappa shape index (κ2) is 9.88. The van der Waals surface area contributed by atoms with Crippen molar-refractivity contribution in [1.82, 2.24) is 20.2 Å². The summed E-state index contributed by atoms with van der Waals surface area (Å²) >= 11 is 0. The van der Waals surface area contributed by atoms with E-state index in [4.69, 9.17) is 15.2 Å². The molecule has 0 radical (unpaired) electrons. The van der Waals surface area contributed by atoms with Gasteiger partial charge in [-0.25, -0.2) is 9.97 Å². The van der Waals surface area contributed by atoms with Crippen LogP contribution in [0, 0.1) is 0 Å². The van der Waals surface area contributed by atoms with E-state index in [1.54, 1.807) is 25.9 Å². The van der Waals surface area contributed by atoms with E-state index < -0.39 is 0 Å². The van der Waals surface area contributed by atoms with Gasteiger partial charge in [0.15, 0.2) is 0 Å². The molecule has 1 fully saturated rings. The molecule has 32 heavy (non-hydrogen) atoms. The lowest BCUT2D eigenvalue weighted by Crippen LogP contribution is -2.45. The lowest BCUT2D eigenvalue weighted by Gasteiger charge is -2.36. The maximum absolute atomic E-state index is 5.87. The van der Waals surface area contributed by atoms with Gasteiger partial charge in [-0.15, -0.1) is 0 Å². The summed E-state index contributed by atoms with van der Waals surface area (Å²) in [5.74, 6) is 0.872. The molecule has 1 aliphatic heterocycles. The Morgan fingerprint density at radius 1 is 1.28 bits per heavy atom. The summed E-state index contributed by atoms with van der Waals surface area (Å²) in [5, 5.41) is 8.59. The molecule has 2 atom stereocenters. The van der Waals surface area contributed by atoms with E-state index in [1.807, 2.05) is 18.2 Å². The zero-order valence-electron chi connectivity index (χ0n) is 18.7. The maximum atomic E-state index is 5.87. The number of ether oxygens (including phenoxy) is 2. The maximum Gasteiger partial charge on any atom is 0.132 e. The van der Waals surface area contributed by atoms with E-state index >= 15 is 0 Å². The number of hydrogen-bond acceptors (Lipinski definition) is 8. The van der Waals surface area contributed by atoms with Crippen LogP contribution in [0.4, 0.5) is 5.82 Å². The first-order valence-corrected chi connectivity index (χ1v) is 10.7. The molecular formula is C23H29N7O2. The molecule has 1 aromatic carbocycles. The Hall–Kier alpha value is -3.30. The van der Waals surface area contributed by atoms with Crippen LogP contribution in [-0.2, 0) is 9.47 Å². The van der Waals surface area contributed by atoms with Gasteiger partial charge in [-0.2, -0.15) is 5.10 Å². The van der Waals surface area contributed by atoms with Crippen LogP contribution in [-0.4, -0.2) is 71.9 Å². The third-order valence-electron chi connectivity index (χ3n) is 5.37. The van der Waals surface area contributed by atoms with Crippen molar-refractivity contribution in [3.8, 4) is 11.4 Å². The van der Waals surface area contributed by atoms with E-state index in [-0.39, 0.29) is 12.2 Å². The van der Waals surface area contributed by atoms with Crippen molar-refractivity contribution in [2.45, 2.75) is 26.1 Å². The normalized spacial score (nSPS) is 19.8. The van der Waals surface area contributed by atoms with Crippen LogP contribution in [0.3, 0.4) is 0 Å². The van der Waals surface area contributed by atoms with Crippen LogP contribution in [0.25, 0.3) is 27.9 Å². The molecule has 9 heteroatoms. The quantitative estimate of drug-likeness (QED) is 0.433. The van der Waals surface area contributed by atoms with Crippen molar-refractivity contribution in [2.24, 2.45) is 10.7 Å². The topological polar surface area (TPSA) is 115 Å². The molecule has 3 aromatic rings. The molecule has 0 bridgehead atoms. The summed E-state index contributed by atoms with van der Waals surface area (Å²) < 4.78 is 10.9. The number of aliphatic imine (C=N–C) groups is 1. The summed E-state index contributed by atoms with van der Waals surface area (Å²) in [7, 11) is 1.66. The summed E-state index contributed by atoms with van der Waals surface area (Å²) in [4.78, 5) is 15.6. The first kappa shape index (κ1) is 21.9. The van der Waals surface area contributed by atoms with Gasteiger partial charge in [0.25, 0.3) is 0 Å². The summed E-state index contributed by atoms with van der Waals surface area (Å²) in [6.07, 6.45) is 5.22. The number of allylic oxidation sites excluding steroid dienone is 1. The number of nitrogens with one attached hydrogen (secondary N) is 1. The number of rotatable bonds is 7. The van der Waals surface area contributed by atoms with Gasteiger partial charge in [0.05, 0.1) is 36.6 Å². The predicted octanol–water partition coefficient (Wildman–Crippen LogP) is 2.65. The number of anilines is 1. The Morgan fingerprint density at radius 2 is 2.09 bits per heavy atom. The molecule has 0 saturated carbocycles. The van der Waals surface area contributed by atoms with Gasteiger partial charge in [0.1, 0.15) is 17.8 Å². The minimum Gasteiger partial charge on any atom is -0.404 e. The number of nitrogens with two attached hydrogens (primary N) is 1. The zero-order chi connectivity index (χ0) is 22.5. The second-order valence-electron chi connectivity index (χ2n) is 7.91. The van der Waals surface area contributed by atoms with Crippen LogP contribution in [0.1, 0.15) is 19.4 Å². The van der Waals surface area contributed by atoms with E-state index in [9.17, 15) is 0 Å². The Bertz CT molecular complexity index is 1110. The van der Waals surface area contributed by atoms with Gasteiger partial charge in [-0.3, -0.25) is 10.1 Å². The van der Waals surface area contributed by atoms with Crippen molar-refractivity contribution in [1.29, 1.82) is 0 Å². The predicted molar refractivity (Wildman–Crippen MR) is 127 cm³/mol. The van der Waals surface area contributed by atoms with Crippen LogP contribution in [0.2, 0.25) is 0 Å². The smallest absolute Gasteiger partial charge is 0.132 e. The monoisotopic (exact) mass is 435 g/mol. The summed E-state index contributed by atoms with van der Waals surface area (Å²) in [5.41, 5.74) is 10.1. The number of hydrogen-bond donors (Lipinski definition) is 2. The highest BCUT2D eigenvalue weighted by molar-refractivity contribution is 6.11. The molecular weight excluding hydrogens is 406 g/mol. The number of morpholine rings is 1. The molecule has 3 N–H and O–H groups in total. The van der Waals surface area contributed by atoms with E-state index in [0.717, 1.165) is 52.3 Å². The number of aromatic amines is 1. The van der Waals surface area contributed by atoms with Crippen molar-refractivity contribution >= 4 is 28.5 Å². The molecule has 2 aromatic heterocycles. The van der Waals surface area contributed by atoms with Gasteiger partial charge in [-0.1, -0.05) is 6.07 Å². The van der Waals surface area contributed by atoms with E-state index in [1.165, 1.54) is 0 Å². The highest BCUT2D eigenvalue weighted by Crippen LogP contribution is 2.29. The fourth-order valence-electron chi connectivity index (χ4n) is 3.92. The SMILES string of the molecule is COCCN=CC(=CN)c1ccc2[nH]nc(-c3cc(N4C[C@@H](C)O[C@@H](C)C4)ncn3)c2c1. The standard InChI is InChI=1S/C23H29N7O2/c1-15-12-30(13-16(2)32-15)22-9-21(26-14-27-22)23-19-8-17(4-5-20(19)28-29-23)18(10-24)11-25-6-7-31-3/h4-5,8-11,14-16H,6-7,12-13,24H2,1-3H3,(H,28,29)/t15-,16+. The molecule has 9 nitrogen and oxygen atoms in total. The van der Waals surface area contributed by atoms with Crippen LogP contribution >= 0.6 is 0 Å². The Morgan fingerprint density at radius 3 is 2.84 bits per heavy atom. The van der Waals surface area contributed by atoms with Crippen molar-refractivity contribution < 1.29 is 9.47 Å². The Balaban J connectivity index is 1.65. The molecule has 0 spiro atoms. The zero-order valence-corrected chi connectivity index (χ0v) is 18.7. The number of H-pyrrole nitrogens is 1. The second-order valence-corrected chi connectivity index (χ2v) is 7.91. The van der Waals surface area contributed by atoms with Crippen molar-refractivity contribution in [2.75, 3.05) is 38.3 Å². The molecule has 0 aliphatic carbocycles. The summed E-state index contributed by atoms with van der Waals surface area (Å²) in [6, 6.07) is 8.02. The Labute approximate surface area is 187 Å². The van der Waals surface area contributed by atoms with Crippen molar-refractivity contribution in [3.63, 3.8) is 0 Å². The average molecular weight is 436 g/mol. The lowest BCUT2D eigenvalue weighted by molar-refractivity contribution is -0.00546. The van der Waals surface area contributed by atoms with Crippen LogP contribution < -0.4 is 10.6 Å². The van der Waals surface area contributed by atoms with E-state index in [2.05, 4.69) is 50.0 Å². The first-order valence-electron chi connectivity index (χ1n) is 10.7. The third kappa shape index (κ3) is 4.79. The number of nitrogens with zero attached hydrogens (tertiary/aromatic N) is 5. The van der Waals surface area contributed by atoms with Crippen LogP contribution in [0.5, 0.6) is 0 Å². The van der Waals surface area contributed by atoms with Gasteiger partial charge >= 0.3 is 0 Å². The Kier molecular flexibility index (Phi) is 6.77. The van der Waals surface area contributed by atoms with Crippen molar-refractivity contribution in [3.05, 3.63) is 42.4 Å². The molecule has 0 unspecified atom stereocenters. The molecule has 4 rings (SSSR count). The fourth-order valence-corrected chi connectivity index (χ4v) is 3.92. The number of aromatic nitrogens is 4. The fraction of sp³-hybridized carbons (Fsp3) is 0.391. The third-order valence-corrected chi connectivity index (χ3v) is 5.37. The van der Waals surface area contributed by atoms with Gasteiger partial charge in [0, 0.05) is 49.6 Å². The molecule has 1 saturated heterocycles. The van der Waals surface area contributed by atoms with Gasteiger partial charge in [-0.05, 0) is 31.5 Å². The average Bonchev–Trinajstić information content (AvgIpc) is 3.22. The lowest BCUT2D eigenvalue weighted by atomic mass is 10.0. The van der Waals surface area contributed by atoms with Gasteiger partial charge in [0.2, 0.25) is 0 Å². The highest BCUT2D eigenvalue weighted by atomic mass is 16.5. The minimum absolute atomic E-state index is 0.151. The number of methoxy groups -OCH3 is 1. The number of benzene rings is 1. The van der Waals surface area contributed by atoms with Gasteiger partial charge < -0.3 is 20.1 Å². The highest BCUT2D eigenvalue weighted by Gasteiger charge is 2.24. The van der Waals surface area contributed by atoms with E-state index in [0.29, 0.717) is 13.2 Å². The molecule has 1 aliphatic rings. The number of fused-ring (bicyclic) bond motifs is 1. The largest absolute Gasteiger partial charge is 0.404 e. The molecule has 0 amide bonds. The molecule has 3 heterocycles. The summed E-state index contributed by atoms with van der Waals surface area (Å²) in [6.45, 7) is 6.88. The first-order chi connectivity index (χ1) is 15.6.